The molecule has 4 nitrogen and oxygen atoms in total. The number of hydrogen-bond acceptors (Lipinski definition) is 2. The van der Waals surface area contributed by atoms with Crippen LogP contribution >= 0.6 is 11.6 Å². The van der Waals surface area contributed by atoms with Crippen molar-refractivity contribution in [3.8, 4) is 11.8 Å². The van der Waals surface area contributed by atoms with Crippen LogP contribution in [0.4, 0.5) is 4.79 Å². The van der Waals surface area contributed by atoms with Crippen LogP contribution in [0.1, 0.15) is 6.92 Å². The lowest BCUT2D eigenvalue weighted by Crippen LogP contribution is -2.40. The van der Waals surface area contributed by atoms with E-state index in [9.17, 15) is 9.59 Å². The number of hydrogen-bond donors (Lipinski definition) is 2. The number of carbonyl (C=O) groups excluding carboxylic acids is 2. The van der Waals surface area contributed by atoms with Crippen LogP contribution in [0, 0.1) is 11.8 Å². The van der Waals surface area contributed by atoms with Gasteiger partial charge in [0.2, 0.25) is 5.91 Å². The fourth-order valence-electron chi connectivity index (χ4n) is 0.417. The summed E-state index contributed by atoms with van der Waals surface area (Å²) in [6.45, 7) is 1.88. The SMILES string of the molecule is CC#CCNC(=O)NC(=O)CCl. The first-order valence-electron chi connectivity index (χ1n) is 3.24. The van der Waals surface area contributed by atoms with E-state index in [1.54, 1.807) is 6.92 Å². The van der Waals surface area contributed by atoms with Gasteiger partial charge in [-0.2, -0.15) is 0 Å². The maximum absolute atomic E-state index is 10.7. The molecule has 3 amide bonds. The van der Waals surface area contributed by atoms with Crippen LogP contribution < -0.4 is 10.6 Å². The third kappa shape index (κ3) is 5.57. The van der Waals surface area contributed by atoms with Crippen molar-refractivity contribution in [2.24, 2.45) is 0 Å². The molecular formula is C7H9ClN2O2. The zero-order chi connectivity index (χ0) is 9.40. The molecule has 0 rings (SSSR count). The summed E-state index contributed by atoms with van der Waals surface area (Å²) in [4.78, 5) is 21.2. The van der Waals surface area contributed by atoms with Crippen molar-refractivity contribution >= 4 is 23.5 Å². The molecule has 5 heteroatoms. The predicted molar refractivity (Wildman–Crippen MR) is 45.7 cm³/mol. The zero-order valence-electron chi connectivity index (χ0n) is 6.61. The van der Waals surface area contributed by atoms with Crippen LogP contribution in [0.3, 0.4) is 0 Å². The Labute approximate surface area is 75.7 Å². The van der Waals surface area contributed by atoms with Crippen molar-refractivity contribution in [2.75, 3.05) is 12.4 Å². The Balaban J connectivity index is 3.57. The number of carbonyl (C=O) groups is 2. The Kier molecular flexibility index (Phi) is 5.84. The number of imide groups is 1. The number of rotatable bonds is 2. The van der Waals surface area contributed by atoms with E-state index in [0.717, 1.165) is 0 Å². The van der Waals surface area contributed by atoms with Gasteiger partial charge in [-0.15, -0.1) is 17.5 Å². The number of halogens is 1. The molecular weight excluding hydrogens is 180 g/mol. The second-order valence-electron chi connectivity index (χ2n) is 1.79. The van der Waals surface area contributed by atoms with Gasteiger partial charge in [-0.25, -0.2) is 4.79 Å². The largest absolute Gasteiger partial charge is 0.327 e. The molecule has 12 heavy (non-hydrogen) atoms. The second-order valence-corrected chi connectivity index (χ2v) is 2.06. The minimum atomic E-state index is -0.580. The second kappa shape index (κ2) is 6.50. The number of nitrogens with one attached hydrogen (secondary N) is 2. The summed E-state index contributed by atoms with van der Waals surface area (Å²) in [5.74, 6) is 4.43. The molecule has 0 aromatic heterocycles. The number of urea groups is 1. The van der Waals surface area contributed by atoms with Gasteiger partial charge < -0.3 is 5.32 Å². The van der Waals surface area contributed by atoms with E-state index in [4.69, 9.17) is 11.6 Å². The topological polar surface area (TPSA) is 58.2 Å². The molecule has 0 atom stereocenters. The third-order valence-corrected chi connectivity index (χ3v) is 1.13. The van der Waals surface area contributed by atoms with Gasteiger partial charge in [0.1, 0.15) is 5.88 Å². The minimum Gasteiger partial charge on any atom is -0.327 e. The van der Waals surface area contributed by atoms with Gasteiger partial charge in [0.15, 0.2) is 0 Å². The molecule has 0 radical (unpaired) electrons. The molecule has 0 unspecified atom stereocenters. The summed E-state index contributed by atoms with van der Waals surface area (Å²) in [5, 5.41) is 4.35. The zero-order valence-corrected chi connectivity index (χ0v) is 7.36. The monoisotopic (exact) mass is 188 g/mol. The molecule has 66 valence electrons. The summed E-state index contributed by atoms with van der Waals surface area (Å²) in [6, 6.07) is -0.580. The maximum Gasteiger partial charge on any atom is 0.322 e. The van der Waals surface area contributed by atoms with Gasteiger partial charge in [-0.3, -0.25) is 10.1 Å². The van der Waals surface area contributed by atoms with Crippen LogP contribution in [0.2, 0.25) is 0 Å². The molecule has 0 aromatic carbocycles. The normalized spacial score (nSPS) is 7.83. The van der Waals surface area contributed by atoms with Crippen LogP contribution in [-0.4, -0.2) is 24.4 Å². The first-order chi connectivity index (χ1) is 5.70. The molecule has 0 saturated carbocycles. The summed E-state index contributed by atoms with van der Waals surface area (Å²) in [7, 11) is 0. The van der Waals surface area contributed by atoms with Crippen molar-refractivity contribution in [1.82, 2.24) is 10.6 Å². The minimum absolute atomic E-state index is 0.220. The van der Waals surface area contributed by atoms with Crippen molar-refractivity contribution in [3.05, 3.63) is 0 Å². The lowest BCUT2D eigenvalue weighted by Gasteiger charge is -2.00. The molecule has 2 N–H and O–H groups in total. The molecule has 0 spiro atoms. The maximum atomic E-state index is 10.7. The van der Waals surface area contributed by atoms with Crippen LogP contribution in [0.15, 0.2) is 0 Å². The van der Waals surface area contributed by atoms with Gasteiger partial charge in [0.25, 0.3) is 0 Å². The van der Waals surface area contributed by atoms with Gasteiger partial charge in [0.05, 0.1) is 6.54 Å². The smallest absolute Gasteiger partial charge is 0.322 e. The van der Waals surface area contributed by atoms with E-state index in [0.29, 0.717) is 0 Å². The Hall–Kier alpha value is -1.21. The van der Waals surface area contributed by atoms with Crippen LogP contribution in [-0.2, 0) is 4.79 Å². The van der Waals surface area contributed by atoms with Crippen molar-refractivity contribution < 1.29 is 9.59 Å². The average molecular weight is 189 g/mol. The van der Waals surface area contributed by atoms with E-state index in [1.165, 1.54) is 0 Å². The van der Waals surface area contributed by atoms with Crippen LogP contribution in [0.25, 0.3) is 0 Å². The highest BCUT2D eigenvalue weighted by atomic mass is 35.5. The van der Waals surface area contributed by atoms with E-state index >= 15 is 0 Å². The standard InChI is InChI=1S/C7H9ClN2O2/c1-2-3-4-9-7(12)10-6(11)5-8/h4-5H2,1H3,(H2,9,10,11,12). The summed E-state index contributed by atoms with van der Waals surface area (Å²) in [5.41, 5.74) is 0. The fourth-order valence-corrected chi connectivity index (χ4v) is 0.484. The first kappa shape index (κ1) is 10.8. The van der Waals surface area contributed by atoms with Crippen molar-refractivity contribution in [2.45, 2.75) is 6.92 Å². The Bertz CT molecular complexity index is 229. The lowest BCUT2D eigenvalue weighted by atomic mass is 10.6. The van der Waals surface area contributed by atoms with Gasteiger partial charge in [-0.05, 0) is 6.92 Å². The Morgan fingerprint density at radius 3 is 2.67 bits per heavy atom. The predicted octanol–water partition coefficient (Wildman–Crippen LogP) is 0.0743. The highest BCUT2D eigenvalue weighted by Gasteiger charge is 2.03. The molecule has 0 aliphatic heterocycles. The lowest BCUT2D eigenvalue weighted by molar-refractivity contribution is -0.117. The Morgan fingerprint density at radius 2 is 2.17 bits per heavy atom. The Morgan fingerprint density at radius 1 is 1.50 bits per heavy atom. The molecule has 0 aromatic rings. The molecule has 0 heterocycles. The molecule has 0 fully saturated rings. The summed E-state index contributed by atoms with van der Waals surface area (Å²) < 4.78 is 0. The number of alkyl halides is 1. The highest BCUT2D eigenvalue weighted by molar-refractivity contribution is 6.28. The number of amides is 3. The van der Waals surface area contributed by atoms with E-state index in [-0.39, 0.29) is 12.4 Å². The van der Waals surface area contributed by atoms with Crippen LogP contribution in [0.5, 0.6) is 0 Å². The molecule has 0 bridgehead atoms. The molecule has 0 aliphatic rings. The first-order valence-corrected chi connectivity index (χ1v) is 3.77. The fraction of sp³-hybridized carbons (Fsp3) is 0.429. The van der Waals surface area contributed by atoms with E-state index in [2.05, 4.69) is 17.2 Å². The van der Waals surface area contributed by atoms with E-state index < -0.39 is 11.9 Å². The van der Waals surface area contributed by atoms with Gasteiger partial charge >= 0.3 is 6.03 Å². The average Bonchev–Trinajstić information content (AvgIpc) is 2.05. The summed E-state index contributed by atoms with van der Waals surface area (Å²) in [6.07, 6.45) is 0. The van der Waals surface area contributed by atoms with Gasteiger partial charge in [-0.1, -0.05) is 5.92 Å². The van der Waals surface area contributed by atoms with Crippen molar-refractivity contribution in [1.29, 1.82) is 0 Å². The quantitative estimate of drug-likeness (QED) is 0.476. The molecule has 0 saturated heterocycles. The van der Waals surface area contributed by atoms with E-state index in [1.807, 2.05) is 5.32 Å². The molecule has 0 aliphatic carbocycles. The van der Waals surface area contributed by atoms with Gasteiger partial charge in [0, 0.05) is 0 Å². The summed E-state index contributed by atoms with van der Waals surface area (Å²) >= 11 is 5.14. The highest BCUT2D eigenvalue weighted by Crippen LogP contribution is 1.73. The van der Waals surface area contributed by atoms with Crippen molar-refractivity contribution in [3.63, 3.8) is 0 Å². The third-order valence-electron chi connectivity index (χ3n) is 0.888.